The Bertz CT molecular complexity index is 503. The molecule has 1 aromatic rings. The molecule has 0 saturated heterocycles. The van der Waals surface area contributed by atoms with Crippen LogP contribution in [0, 0.1) is 0 Å². The Morgan fingerprint density at radius 1 is 1.24 bits per heavy atom. The van der Waals surface area contributed by atoms with Crippen molar-refractivity contribution < 1.29 is 14.3 Å². The first-order valence-corrected chi connectivity index (χ1v) is 6.93. The first kappa shape index (κ1) is 15.6. The molecule has 1 heterocycles. The van der Waals surface area contributed by atoms with E-state index < -0.39 is 0 Å². The second-order valence-corrected chi connectivity index (χ2v) is 5.33. The van der Waals surface area contributed by atoms with Crippen molar-refractivity contribution in [2.75, 3.05) is 48.1 Å². The van der Waals surface area contributed by atoms with E-state index in [0.29, 0.717) is 0 Å². The van der Waals surface area contributed by atoms with E-state index in [4.69, 9.17) is 14.3 Å². The third kappa shape index (κ3) is 4.09. The molecule has 1 aromatic carbocycles. The lowest BCUT2D eigenvalue weighted by Crippen LogP contribution is -2.28. The summed E-state index contributed by atoms with van der Waals surface area (Å²) >= 11 is 0. The standard InChI is InChI=1S/C15H23N3O3/c1-17(2)7-8-18(3)10-13-12(9-16-19-4)5-6-14-15(13)21-11-20-14/h5-6,9H,7-8,10-11H2,1-4H3/b16-9+. The first-order chi connectivity index (χ1) is 10.1. The Kier molecular flexibility index (Phi) is 5.41. The van der Waals surface area contributed by atoms with Crippen LogP contribution in [0.5, 0.6) is 11.5 Å². The van der Waals surface area contributed by atoms with E-state index in [1.165, 1.54) is 7.11 Å². The van der Waals surface area contributed by atoms with Gasteiger partial charge in [0.2, 0.25) is 6.79 Å². The summed E-state index contributed by atoms with van der Waals surface area (Å²) in [6.07, 6.45) is 1.71. The van der Waals surface area contributed by atoms with Crippen LogP contribution in [0.1, 0.15) is 11.1 Å². The predicted octanol–water partition coefficient (Wildman–Crippen LogP) is 1.39. The zero-order chi connectivity index (χ0) is 15.2. The maximum atomic E-state index is 5.61. The zero-order valence-corrected chi connectivity index (χ0v) is 13.1. The minimum absolute atomic E-state index is 0.272. The molecule has 0 amide bonds. The fourth-order valence-corrected chi connectivity index (χ4v) is 2.16. The Balaban J connectivity index is 2.19. The van der Waals surface area contributed by atoms with Gasteiger partial charge in [0.05, 0.1) is 6.21 Å². The Morgan fingerprint density at radius 3 is 2.76 bits per heavy atom. The van der Waals surface area contributed by atoms with Crippen molar-refractivity contribution >= 4 is 6.21 Å². The van der Waals surface area contributed by atoms with Gasteiger partial charge in [-0.15, -0.1) is 0 Å². The van der Waals surface area contributed by atoms with E-state index >= 15 is 0 Å². The number of fused-ring (bicyclic) bond motifs is 1. The molecule has 116 valence electrons. The number of rotatable bonds is 7. The van der Waals surface area contributed by atoms with Gasteiger partial charge in [0, 0.05) is 30.8 Å². The zero-order valence-electron chi connectivity index (χ0n) is 13.1. The highest BCUT2D eigenvalue weighted by Gasteiger charge is 2.21. The summed E-state index contributed by atoms with van der Waals surface area (Å²) in [6.45, 7) is 3.02. The number of hydrogen-bond acceptors (Lipinski definition) is 6. The molecule has 0 radical (unpaired) electrons. The molecule has 2 rings (SSSR count). The normalized spacial score (nSPS) is 13.6. The second-order valence-electron chi connectivity index (χ2n) is 5.33. The highest BCUT2D eigenvalue weighted by atomic mass is 16.7. The van der Waals surface area contributed by atoms with Crippen molar-refractivity contribution in [2.45, 2.75) is 6.54 Å². The average Bonchev–Trinajstić information content (AvgIpc) is 2.93. The van der Waals surface area contributed by atoms with Crippen molar-refractivity contribution in [3.05, 3.63) is 23.3 Å². The van der Waals surface area contributed by atoms with Gasteiger partial charge in [0.15, 0.2) is 11.5 Å². The lowest BCUT2D eigenvalue weighted by Gasteiger charge is -2.21. The number of oxime groups is 1. The molecule has 1 aliphatic rings. The Morgan fingerprint density at radius 2 is 2.05 bits per heavy atom. The van der Waals surface area contributed by atoms with Gasteiger partial charge in [-0.25, -0.2) is 0 Å². The van der Waals surface area contributed by atoms with Gasteiger partial charge in [-0.3, -0.25) is 0 Å². The van der Waals surface area contributed by atoms with Gasteiger partial charge in [-0.05, 0) is 33.3 Å². The van der Waals surface area contributed by atoms with E-state index in [0.717, 1.165) is 42.3 Å². The first-order valence-electron chi connectivity index (χ1n) is 6.93. The van der Waals surface area contributed by atoms with Gasteiger partial charge >= 0.3 is 0 Å². The fraction of sp³-hybridized carbons (Fsp3) is 0.533. The molecule has 0 bridgehead atoms. The van der Waals surface area contributed by atoms with Crippen LogP contribution in [0.15, 0.2) is 17.3 Å². The molecule has 6 nitrogen and oxygen atoms in total. The number of likely N-dealkylation sites (N-methyl/N-ethyl adjacent to an activating group) is 2. The van der Waals surface area contributed by atoms with E-state index in [2.05, 4.69) is 36.1 Å². The van der Waals surface area contributed by atoms with Gasteiger partial charge in [-0.1, -0.05) is 5.16 Å². The minimum Gasteiger partial charge on any atom is -0.454 e. The van der Waals surface area contributed by atoms with E-state index in [1.54, 1.807) is 6.21 Å². The summed E-state index contributed by atoms with van der Waals surface area (Å²) in [7, 11) is 7.77. The Hall–Kier alpha value is -1.79. The molecular formula is C15H23N3O3. The molecular weight excluding hydrogens is 270 g/mol. The number of ether oxygens (including phenoxy) is 2. The molecule has 0 spiro atoms. The van der Waals surface area contributed by atoms with Gasteiger partial charge in [-0.2, -0.15) is 0 Å². The second kappa shape index (κ2) is 7.28. The molecule has 0 unspecified atom stereocenters. The summed E-state index contributed by atoms with van der Waals surface area (Å²) in [6, 6.07) is 3.88. The lowest BCUT2D eigenvalue weighted by atomic mass is 10.1. The monoisotopic (exact) mass is 293 g/mol. The summed E-state index contributed by atoms with van der Waals surface area (Å²) < 4.78 is 11.1. The maximum absolute atomic E-state index is 5.61. The highest BCUT2D eigenvalue weighted by Crippen LogP contribution is 2.37. The number of nitrogens with zero attached hydrogens (tertiary/aromatic N) is 3. The quantitative estimate of drug-likeness (QED) is 0.561. The largest absolute Gasteiger partial charge is 0.454 e. The average molecular weight is 293 g/mol. The highest BCUT2D eigenvalue weighted by molar-refractivity contribution is 5.83. The fourth-order valence-electron chi connectivity index (χ4n) is 2.16. The van der Waals surface area contributed by atoms with Crippen LogP contribution in [0.2, 0.25) is 0 Å². The van der Waals surface area contributed by atoms with Crippen LogP contribution in [0.25, 0.3) is 0 Å². The van der Waals surface area contributed by atoms with Crippen molar-refractivity contribution in [3.8, 4) is 11.5 Å². The molecule has 6 heteroatoms. The molecule has 0 atom stereocenters. The molecule has 0 saturated carbocycles. The van der Waals surface area contributed by atoms with Crippen molar-refractivity contribution in [1.29, 1.82) is 0 Å². The smallest absolute Gasteiger partial charge is 0.231 e. The SMILES string of the molecule is CO/N=C/c1ccc2c(c1CN(C)CCN(C)C)OCO2. The van der Waals surface area contributed by atoms with E-state index in [-0.39, 0.29) is 6.79 Å². The van der Waals surface area contributed by atoms with Crippen LogP contribution < -0.4 is 9.47 Å². The maximum Gasteiger partial charge on any atom is 0.231 e. The third-order valence-electron chi connectivity index (χ3n) is 3.33. The van der Waals surface area contributed by atoms with Gasteiger partial charge < -0.3 is 24.1 Å². The van der Waals surface area contributed by atoms with Crippen LogP contribution in [-0.2, 0) is 11.4 Å². The van der Waals surface area contributed by atoms with Crippen LogP contribution >= 0.6 is 0 Å². The minimum atomic E-state index is 0.272. The summed E-state index contributed by atoms with van der Waals surface area (Å²) in [5.41, 5.74) is 2.06. The van der Waals surface area contributed by atoms with E-state index in [1.807, 2.05) is 12.1 Å². The van der Waals surface area contributed by atoms with E-state index in [9.17, 15) is 0 Å². The third-order valence-corrected chi connectivity index (χ3v) is 3.33. The van der Waals surface area contributed by atoms with Gasteiger partial charge in [0.1, 0.15) is 7.11 Å². The number of benzene rings is 1. The van der Waals surface area contributed by atoms with Gasteiger partial charge in [0.25, 0.3) is 0 Å². The van der Waals surface area contributed by atoms with Crippen molar-refractivity contribution in [2.24, 2.45) is 5.16 Å². The molecule has 1 aliphatic heterocycles. The molecule has 0 N–H and O–H groups in total. The molecule has 21 heavy (non-hydrogen) atoms. The van der Waals surface area contributed by atoms with Crippen LogP contribution in [0.3, 0.4) is 0 Å². The Labute approximate surface area is 125 Å². The summed E-state index contributed by atoms with van der Waals surface area (Å²) in [5.74, 6) is 1.60. The van der Waals surface area contributed by atoms with Crippen LogP contribution in [-0.4, -0.2) is 64.1 Å². The molecule has 0 aliphatic carbocycles. The van der Waals surface area contributed by atoms with Crippen molar-refractivity contribution in [1.82, 2.24) is 9.80 Å². The topological polar surface area (TPSA) is 46.5 Å². The molecule has 0 aromatic heterocycles. The summed E-state index contributed by atoms with van der Waals surface area (Å²) in [4.78, 5) is 9.20. The van der Waals surface area contributed by atoms with Crippen LogP contribution in [0.4, 0.5) is 0 Å². The molecule has 0 fully saturated rings. The summed E-state index contributed by atoms with van der Waals surface area (Å²) in [5, 5.41) is 3.86. The van der Waals surface area contributed by atoms with Crippen molar-refractivity contribution in [3.63, 3.8) is 0 Å². The predicted molar refractivity (Wildman–Crippen MR) is 82.1 cm³/mol. The number of hydrogen-bond donors (Lipinski definition) is 0. The lowest BCUT2D eigenvalue weighted by molar-refractivity contribution is 0.172.